The summed E-state index contributed by atoms with van der Waals surface area (Å²) in [4.78, 5) is 44.1. The molecule has 14 heteroatoms. The minimum absolute atomic E-state index is 0.0227. The first-order valence-electron chi connectivity index (χ1n) is 11.5. The second-order valence-corrected chi connectivity index (χ2v) is 8.50. The van der Waals surface area contributed by atoms with Crippen molar-refractivity contribution in [3.05, 3.63) is 88.5 Å². The van der Waals surface area contributed by atoms with E-state index in [2.05, 4.69) is 58.5 Å². The number of H-pyrrole nitrogens is 1. The molecule has 0 aliphatic carbocycles. The molecule has 0 saturated heterocycles. The van der Waals surface area contributed by atoms with Crippen LogP contribution >= 0.6 is 11.6 Å². The average Bonchev–Trinajstić information content (AvgIpc) is 3.44. The summed E-state index contributed by atoms with van der Waals surface area (Å²) in [5.74, 6) is 1.77. The highest BCUT2D eigenvalue weighted by molar-refractivity contribution is 6.31. The number of nitrogens with zero attached hydrogens (tertiary/aromatic N) is 7. The quantitative estimate of drug-likeness (QED) is 0.201. The summed E-state index contributed by atoms with van der Waals surface area (Å²) in [5.41, 5.74) is 2.91. The Kier molecular flexibility index (Phi) is 8.61. The molecule has 6 heterocycles. The minimum atomic E-state index is -0.574. The predicted octanol–water partition coefficient (Wildman–Crippen LogP) is 3.35. The van der Waals surface area contributed by atoms with Gasteiger partial charge in [0.25, 0.3) is 0 Å². The lowest BCUT2D eigenvalue weighted by molar-refractivity contribution is -0.385. The number of rotatable bonds is 3. The number of halogens is 1. The molecule has 2 aliphatic rings. The molecular formula is C24H25ClN10O3. The fraction of sp³-hybridized carbons (Fsp3) is 0.208. The smallest absolute Gasteiger partial charge is 0.306 e. The largest absolute Gasteiger partial charge is 0.361 e. The highest BCUT2D eigenvalue weighted by Gasteiger charge is 2.21. The Labute approximate surface area is 223 Å². The average molecular weight is 537 g/mol. The first-order valence-corrected chi connectivity index (χ1v) is 11.9. The number of hydrogen-bond acceptors (Lipinski definition) is 10. The monoisotopic (exact) mass is 536 g/mol. The van der Waals surface area contributed by atoms with Crippen molar-refractivity contribution in [1.29, 1.82) is 0 Å². The number of carbonyl (C=O) groups excluding carboxylic acids is 1. The number of imidazole rings is 1. The number of aromatic amines is 1. The number of fused-ring (bicyclic) bond motifs is 2. The number of hydrogen-bond donors (Lipinski definition) is 3. The highest BCUT2D eigenvalue weighted by Crippen LogP contribution is 2.30. The summed E-state index contributed by atoms with van der Waals surface area (Å²) in [6, 6.07) is 10.5. The van der Waals surface area contributed by atoms with Gasteiger partial charge in [-0.3, -0.25) is 14.9 Å². The van der Waals surface area contributed by atoms with E-state index >= 15 is 0 Å². The number of amides is 1. The number of anilines is 4. The maximum atomic E-state index is 10.8. The molecule has 38 heavy (non-hydrogen) atoms. The van der Waals surface area contributed by atoms with Crippen LogP contribution in [-0.4, -0.2) is 62.4 Å². The number of aromatic nitrogens is 5. The summed E-state index contributed by atoms with van der Waals surface area (Å²) < 4.78 is 0. The fourth-order valence-corrected chi connectivity index (χ4v) is 3.88. The molecule has 0 fully saturated rings. The maximum absolute atomic E-state index is 10.8. The van der Waals surface area contributed by atoms with Gasteiger partial charge in [-0.2, -0.15) is 0 Å². The molecule has 196 valence electrons. The Hall–Kier alpha value is -4.78. The van der Waals surface area contributed by atoms with E-state index in [1.165, 1.54) is 24.0 Å². The molecule has 0 bridgehead atoms. The third kappa shape index (κ3) is 6.70. The van der Waals surface area contributed by atoms with Crippen LogP contribution in [0, 0.1) is 10.1 Å². The normalized spacial score (nSPS) is 13.4. The molecule has 0 atom stereocenters. The SMILES string of the molecule is CN1CCN(Cc2cnc[nH]2)c2cccnc21.O=C1CNc2ncccc2N1.O=[N+]([O-])c1cccnc1Cl. The van der Waals surface area contributed by atoms with Gasteiger partial charge in [0, 0.05) is 51.0 Å². The van der Waals surface area contributed by atoms with Gasteiger partial charge in [0.15, 0.2) is 5.82 Å². The number of carbonyl (C=O) groups is 1. The summed E-state index contributed by atoms with van der Waals surface area (Å²) in [6.45, 7) is 3.17. The molecule has 0 spiro atoms. The minimum Gasteiger partial charge on any atom is -0.361 e. The number of nitrogens with one attached hydrogen (secondary N) is 3. The molecular weight excluding hydrogens is 512 g/mol. The van der Waals surface area contributed by atoms with Gasteiger partial charge in [-0.05, 0) is 30.3 Å². The molecule has 0 radical (unpaired) electrons. The second-order valence-electron chi connectivity index (χ2n) is 8.14. The molecule has 3 N–H and O–H groups in total. The molecule has 0 unspecified atom stereocenters. The third-order valence-electron chi connectivity index (χ3n) is 5.52. The van der Waals surface area contributed by atoms with Crippen molar-refractivity contribution in [3.63, 3.8) is 0 Å². The van der Waals surface area contributed by atoms with Gasteiger partial charge in [0.05, 0.1) is 41.4 Å². The molecule has 4 aromatic rings. The zero-order valence-corrected chi connectivity index (χ0v) is 21.2. The van der Waals surface area contributed by atoms with Crippen molar-refractivity contribution in [2.24, 2.45) is 0 Å². The van der Waals surface area contributed by atoms with Gasteiger partial charge < -0.3 is 25.4 Å². The summed E-state index contributed by atoms with van der Waals surface area (Å²) in [5, 5.41) is 15.6. The van der Waals surface area contributed by atoms with Gasteiger partial charge in [0.1, 0.15) is 5.82 Å². The molecule has 4 aromatic heterocycles. The Bertz CT molecular complexity index is 1390. The fourth-order valence-electron chi connectivity index (χ4n) is 3.69. The van der Waals surface area contributed by atoms with E-state index in [0.29, 0.717) is 6.54 Å². The first kappa shape index (κ1) is 26.3. The van der Waals surface area contributed by atoms with Gasteiger partial charge in [-0.25, -0.2) is 19.9 Å². The van der Waals surface area contributed by atoms with Crippen LogP contribution in [0.5, 0.6) is 0 Å². The van der Waals surface area contributed by atoms with Crippen molar-refractivity contribution in [2.75, 3.05) is 47.1 Å². The van der Waals surface area contributed by atoms with Crippen molar-refractivity contribution in [3.8, 4) is 0 Å². The van der Waals surface area contributed by atoms with Gasteiger partial charge in [-0.15, -0.1) is 0 Å². The van der Waals surface area contributed by atoms with E-state index in [1.807, 2.05) is 24.5 Å². The van der Waals surface area contributed by atoms with E-state index in [4.69, 9.17) is 11.6 Å². The van der Waals surface area contributed by atoms with Crippen LogP contribution in [0.15, 0.2) is 67.5 Å². The van der Waals surface area contributed by atoms with E-state index < -0.39 is 4.92 Å². The van der Waals surface area contributed by atoms with Crippen LogP contribution in [0.3, 0.4) is 0 Å². The van der Waals surface area contributed by atoms with Gasteiger partial charge in [0.2, 0.25) is 11.1 Å². The van der Waals surface area contributed by atoms with Crippen LogP contribution in [0.25, 0.3) is 0 Å². The van der Waals surface area contributed by atoms with Crippen molar-refractivity contribution >= 4 is 46.2 Å². The van der Waals surface area contributed by atoms with E-state index in [9.17, 15) is 14.9 Å². The first-order chi connectivity index (χ1) is 18.4. The Morgan fingerprint density at radius 2 is 1.84 bits per heavy atom. The molecule has 13 nitrogen and oxygen atoms in total. The second kappa shape index (κ2) is 12.5. The van der Waals surface area contributed by atoms with E-state index in [-0.39, 0.29) is 16.7 Å². The standard InChI is InChI=1S/C12H15N5.C7H7N3O.C5H3ClN2O2/c1-16-5-6-17(8-10-7-13-9-15-10)11-3-2-4-14-12(11)16;11-6-4-9-7-5(10-6)2-1-3-8-7;6-5-4(8(9)10)2-1-3-7-5/h2-4,7,9H,5-6,8H2,1H3,(H,13,15);1-3H,4H2,(H,8,9)(H,10,11);1-3H. The molecule has 0 saturated carbocycles. The third-order valence-corrected chi connectivity index (χ3v) is 5.82. The van der Waals surface area contributed by atoms with E-state index in [0.717, 1.165) is 42.7 Å². The van der Waals surface area contributed by atoms with Gasteiger partial charge in [-0.1, -0.05) is 11.6 Å². The zero-order valence-electron chi connectivity index (χ0n) is 20.4. The topological polar surface area (TPSA) is 158 Å². The van der Waals surface area contributed by atoms with Crippen molar-refractivity contribution < 1.29 is 9.72 Å². The van der Waals surface area contributed by atoms with Crippen LogP contribution in [-0.2, 0) is 11.3 Å². The highest BCUT2D eigenvalue weighted by atomic mass is 35.5. The van der Waals surface area contributed by atoms with Crippen LogP contribution in [0.2, 0.25) is 5.15 Å². The van der Waals surface area contributed by atoms with Crippen molar-refractivity contribution in [2.45, 2.75) is 6.54 Å². The molecule has 2 aliphatic heterocycles. The van der Waals surface area contributed by atoms with E-state index in [1.54, 1.807) is 18.6 Å². The van der Waals surface area contributed by atoms with Gasteiger partial charge >= 0.3 is 5.69 Å². The Morgan fingerprint density at radius 3 is 2.58 bits per heavy atom. The predicted molar refractivity (Wildman–Crippen MR) is 144 cm³/mol. The lowest BCUT2D eigenvalue weighted by Crippen LogP contribution is -2.39. The Morgan fingerprint density at radius 1 is 1.08 bits per heavy atom. The summed E-state index contributed by atoms with van der Waals surface area (Å²) in [6.07, 6.45) is 8.51. The number of pyridine rings is 3. The summed E-state index contributed by atoms with van der Waals surface area (Å²) in [7, 11) is 2.08. The maximum Gasteiger partial charge on any atom is 0.306 e. The molecule has 1 amide bonds. The van der Waals surface area contributed by atoms with Crippen LogP contribution in [0.1, 0.15) is 5.69 Å². The molecule has 6 rings (SSSR count). The number of likely N-dealkylation sites (N-methyl/N-ethyl adjacent to an activating group) is 1. The zero-order chi connectivity index (χ0) is 26.9. The number of nitro groups is 1. The van der Waals surface area contributed by atoms with Crippen LogP contribution in [0.4, 0.5) is 28.7 Å². The Balaban J connectivity index is 0.000000140. The lowest BCUT2D eigenvalue weighted by atomic mass is 10.2. The molecule has 0 aromatic carbocycles. The van der Waals surface area contributed by atoms with Crippen LogP contribution < -0.4 is 20.4 Å². The lowest BCUT2D eigenvalue weighted by Gasteiger charge is -2.35. The van der Waals surface area contributed by atoms with Crippen molar-refractivity contribution in [1.82, 2.24) is 24.9 Å². The summed E-state index contributed by atoms with van der Waals surface area (Å²) >= 11 is 5.37.